The number of hydrogen-bond donors (Lipinski definition) is 0. The quantitative estimate of drug-likeness (QED) is 0.275. The third kappa shape index (κ3) is 4.18. The molecule has 3 aromatic carbocycles. The van der Waals surface area contributed by atoms with Crippen molar-refractivity contribution in [3.8, 4) is 39.6 Å². The molecule has 0 fully saturated rings. The van der Waals surface area contributed by atoms with Crippen molar-refractivity contribution in [3.05, 3.63) is 121 Å². The van der Waals surface area contributed by atoms with E-state index in [1.165, 1.54) is 5.56 Å². The second-order valence-corrected chi connectivity index (χ2v) is 8.02. The Bertz CT molecular complexity index is 1380. The molecule has 0 bridgehead atoms. The molecule has 0 saturated carbocycles. The van der Waals surface area contributed by atoms with Gasteiger partial charge in [0, 0.05) is 47.4 Å². The summed E-state index contributed by atoms with van der Waals surface area (Å²) < 4.78 is 13.3. The molecule has 0 aliphatic rings. The van der Waals surface area contributed by atoms with Crippen molar-refractivity contribution < 1.29 is 9.47 Å². The highest BCUT2D eigenvalue weighted by Crippen LogP contribution is 2.39. The zero-order valence-corrected chi connectivity index (χ0v) is 19.3. The van der Waals surface area contributed by atoms with E-state index in [0.717, 1.165) is 40.2 Å². The Morgan fingerprint density at radius 2 is 1.44 bits per heavy atom. The zero-order valence-electron chi connectivity index (χ0n) is 19.3. The van der Waals surface area contributed by atoms with Crippen molar-refractivity contribution in [3.63, 3.8) is 0 Å². The maximum atomic E-state index is 5.61. The molecule has 0 radical (unpaired) electrons. The predicted octanol–water partition coefficient (Wildman–Crippen LogP) is 6.81. The van der Waals surface area contributed by atoms with Gasteiger partial charge in [-0.1, -0.05) is 66.7 Å². The van der Waals surface area contributed by atoms with Gasteiger partial charge in [0.05, 0.1) is 19.9 Å². The van der Waals surface area contributed by atoms with Crippen LogP contribution in [0.25, 0.3) is 28.1 Å². The monoisotopic (exact) mass is 446 g/mol. The van der Waals surface area contributed by atoms with Crippen molar-refractivity contribution in [1.29, 1.82) is 0 Å². The van der Waals surface area contributed by atoms with Gasteiger partial charge in [-0.3, -0.25) is 4.98 Å². The Morgan fingerprint density at radius 3 is 2.12 bits per heavy atom. The van der Waals surface area contributed by atoms with Crippen LogP contribution >= 0.6 is 0 Å². The van der Waals surface area contributed by atoms with Gasteiger partial charge >= 0.3 is 0 Å². The standard InChI is InChI=1S/C30H26N2O2/c1-33-28-17-16-24(20-29(28)34-2)32-21-25(23-13-7-4-8-14-23)30(26-15-9-10-18-31-26)27(32)19-22-11-5-3-6-12-22/h3-18,20-21H,19H2,1-2H3. The molecule has 0 unspecified atom stereocenters. The molecule has 4 nitrogen and oxygen atoms in total. The highest BCUT2D eigenvalue weighted by Gasteiger charge is 2.21. The van der Waals surface area contributed by atoms with E-state index in [0.29, 0.717) is 11.5 Å². The molecule has 5 rings (SSSR count). The highest BCUT2D eigenvalue weighted by atomic mass is 16.5. The number of hydrogen-bond acceptors (Lipinski definition) is 3. The lowest BCUT2D eigenvalue weighted by atomic mass is 9.97. The molecule has 34 heavy (non-hydrogen) atoms. The molecule has 4 heteroatoms. The van der Waals surface area contributed by atoms with Crippen LogP contribution in [0.1, 0.15) is 11.3 Å². The van der Waals surface area contributed by atoms with Crippen molar-refractivity contribution in [1.82, 2.24) is 9.55 Å². The van der Waals surface area contributed by atoms with Crippen LogP contribution in [0.3, 0.4) is 0 Å². The van der Waals surface area contributed by atoms with E-state index in [1.807, 2.05) is 42.6 Å². The van der Waals surface area contributed by atoms with Crippen LogP contribution in [0.2, 0.25) is 0 Å². The molecule has 0 aliphatic carbocycles. The third-order valence-electron chi connectivity index (χ3n) is 5.97. The fourth-order valence-corrected chi connectivity index (χ4v) is 4.35. The average molecular weight is 447 g/mol. The summed E-state index contributed by atoms with van der Waals surface area (Å²) in [6.07, 6.45) is 4.82. The molecule has 168 valence electrons. The van der Waals surface area contributed by atoms with Crippen LogP contribution in [-0.2, 0) is 6.42 Å². The third-order valence-corrected chi connectivity index (χ3v) is 5.97. The molecule has 0 N–H and O–H groups in total. The van der Waals surface area contributed by atoms with Gasteiger partial charge in [0.1, 0.15) is 0 Å². The number of rotatable bonds is 7. The van der Waals surface area contributed by atoms with E-state index in [1.54, 1.807) is 14.2 Å². The Balaban J connectivity index is 1.79. The van der Waals surface area contributed by atoms with E-state index in [-0.39, 0.29) is 0 Å². The summed E-state index contributed by atoms with van der Waals surface area (Å²) in [5, 5.41) is 0. The average Bonchev–Trinajstić information content (AvgIpc) is 3.28. The largest absolute Gasteiger partial charge is 0.493 e. The van der Waals surface area contributed by atoms with Gasteiger partial charge in [-0.2, -0.15) is 0 Å². The summed E-state index contributed by atoms with van der Waals surface area (Å²) in [7, 11) is 3.32. The minimum atomic E-state index is 0.694. The number of benzene rings is 3. The van der Waals surface area contributed by atoms with Crippen molar-refractivity contribution in [2.75, 3.05) is 14.2 Å². The van der Waals surface area contributed by atoms with E-state index < -0.39 is 0 Å². The molecular weight excluding hydrogens is 420 g/mol. The minimum Gasteiger partial charge on any atom is -0.493 e. The minimum absolute atomic E-state index is 0.694. The van der Waals surface area contributed by atoms with Crippen LogP contribution in [0.15, 0.2) is 109 Å². The topological polar surface area (TPSA) is 36.3 Å². The molecule has 0 aliphatic heterocycles. The van der Waals surface area contributed by atoms with Gasteiger partial charge in [-0.25, -0.2) is 0 Å². The van der Waals surface area contributed by atoms with Gasteiger partial charge in [-0.15, -0.1) is 0 Å². The first-order chi connectivity index (χ1) is 16.8. The number of aromatic nitrogens is 2. The van der Waals surface area contributed by atoms with Gasteiger partial charge < -0.3 is 14.0 Å². The van der Waals surface area contributed by atoms with Gasteiger partial charge in [0.2, 0.25) is 0 Å². The Labute approximate surface area is 200 Å². The lowest BCUT2D eigenvalue weighted by Crippen LogP contribution is -2.03. The molecule has 0 saturated heterocycles. The van der Waals surface area contributed by atoms with Crippen molar-refractivity contribution in [2.24, 2.45) is 0 Å². The van der Waals surface area contributed by atoms with E-state index in [2.05, 4.69) is 71.4 Å². The first-order valence-corrected chi connectivity index (χ1v) is 11.3. The normalized spacial score (nSPS) is 10.8. The molecular formula is C30H26N2O2. The van der Waals surface area contributed by atoms with Crippen molar-refractivity contribution in [2.45, 2.75) is 6.42 Å². The van der Waals surface area contributed by atoms with E-state index in [4.69, 9.17) is 14.5 Å². The summed E-state index contributed by atoms with van der Waals surface area (Å²) in [6.45, 7) is 0. The summed E-state index contributed by atoms with van der Waals surface area (Å²) in [5.74, 6) is 1.40. The summed E-state index contributed by atoms with van der Waals surface area (Å²) in [5.41, 5.74) is 7.77. The summed E-state index contributed by atoms with van der Waals surface area (Å²) in [4.78, 5) is 4.75. The predicted molar refractivity (Wildman–Crippen MR) is 137 cm³/mol. The van der Waals surface area contributed by atoms with Gasteiger partial charge in [0.15, 0.2) is 11.5 Å². The Hall–Kier alpha value is -4.31. The van der Waals surface area contributed by atoms with Crippen LogP contribution in [0.4, 0.5) is 0 Å². The lowest BCUT2D eigenvalue weighted by Gasteiger charge is -2.14. The molecule has 2 aromatic heterocycles. The van der Waals surface area contributed by atoms with E-state index in [9.17, 15) is 0 Å². The van der Waals surface area contributed by atoms with Gasteiger partial charge in [-0.05, 0) is 35.4 Å². The van der Waals surface area contributed by atoms with Crippen LogP contribution in [0.5, 0.6) is 11.5 Å². The summed E-state index contributed by atoms with van der Waals surface area (Å²) in [6, 6.07) is 33.1. The fraction of sp³-hybridized carbons (Fsp3) is 0.100. The maximum Gasteiger partial charge on any atom is 0.162 e. The van der Waals surface area contributed by atoms with Crippen LogP contribution in [0, 0.1) is 0 Å². The van der Waals surface area contributed by atoms with Crippen LogP contribution < -0.4 is 9.47 Å². The molecule has 0 spiro atoms. The zero-order chi connectivity index (χ0) is 23.3. The second-order valence-electron chi connectivity index (χ2n) is 8.02. The smallest absolute Gasteiger partial charge is 0.162 e. The molecule has 0 atom stereocenters. The van der Waals surface area contributed by atoms with Gasteiger partial charge in [0.25, 0.3) is 0 Å². The molecule has 0 amide bonds. The molecule has 2 heterocycles. The fourth-order valence-electron chi connectivity index (χ4n) is 4.35. The first-order valence-electron chi connectivity index (χ1n) is 11.3. The highest BCUT2D eigenvalue weighted by molar-refractivity contribution is 5.85. The number of nitrogens with zero attached hydrogens (tertiary/aromatic N) is 2. The second kappa shape index (κ2) is 9.67. The molecule has 5 aromatic rings. The number of ether oxygens (including phenoxy) is 2. The maximum absolute atomic E-state index is 5.61. The number of methoxy groups -OCH3 is 2. The van der Waals surface area contributed by atoms with Crippen molar-refractivity contribution >= 4 is 0 Å². The van der Waals surface area contributed by atoms with E-state index >= 15 is 0 Å². The first kappa shape index (κ1) is 21.5. The van der Waals surface area contributed by atoms with Crippen LogP contribution in [-0.4, -0.2) is 23.8 Å². The SMILES string of the molecule is COc1ccc(-n2cc(-c3ccccc3)c(-c3ccccn3)c2Cc2ccccc2)cc1OC. The number of pyridine rings is 1. The Morgan fingerprint density at radius 1 is 0.735 bits per heavy atom. The lowest BCUT2D eigenvalue weighted by molar-refractivity contribution is 0.355. The Kier molecular flexibility index (Phi) is 6.13. The summed E-state index contributed by atoms with van der Waals surface area (Å²) >= 11 is 0.